The number of carbonyl (C=O) groups excluding carboxylic acids is 1. The molecule has 1 N–H and O–H groups in total. The molecule has 0 unspecified atom stereocenters. The number of hydrogen-bond acceptors (Lipinski definition) is 3. The van der Waals surface area contributed by atoms with Crippen molar-refractivity contribution in [2.45, 2.75) is 6.92 Å². The Morgan fingerprint density at radius 3 is 2.67 bits per heavy atom. The second-order valence-corrected chi connectivity index (χ2v) is 2.83. The van der Waals surface area contributed by atoms with Crippen LogP contribution in [0.2, 0.25) is 0 Å². The maximum Gasteiger partial charge on any atom is 0.338 e. The second kappa shape index (κ2) is 5.80. The molecular formula is C11H14N2O2. The lowest BCUT2D eigenvalue weighted by Crippen LogP contribution is -2.04. The van der Waals surface area contributed by atoms with Crippen LogP contribution in [-0.2, 0) is 4.74 Å². The van der Waals surface area contributed by atoms with Crippen LogP contribution in [0.3, 0.4) is 0 Å². The summed E-state index contributed by atoms with van der Waals surface area (Å²) < 4.78 is 4.86. The summed E-state index contributed by atoms with van der Waals surface area (Å²) in [5.74, 6) is -0.298. The molecule has 0 radical (unpaired) electrons. The van der Waals surface area contributed by atoms with Gasteiger partial charge in [0.25, 0.3) is 0 Å². The number of carbonyl (C=O) groups is 1. The van der Waals surface area contributed by atoms with E-state index < -0.39 is 0 Å². The summed E-state index contributed by atoms with van der Waals surface area (Å²) >= 11 is 0. The van der Waals surface area contributed by atoms with Crippen molar-refractivity contribution >= 4 is 18.0 Å². The third kappa shape index (κ3) is 3.42. The Labute approximate surface area is 89.0 Å². The van der Waals surface area contributed by atoms with Crippen LogP contribution in [0.25, 0.3) is 0 Å². The van der Waals surface area contributed by atoms with E-state index in [4.69, 9.17) is 4.74 Å². The van der Waals surface area contributed by atoms with Crippen LogP contribution in [0.1, 0.15) is 17.3 Å². The molecule has 1 aromatic rings. The normalized spacial score (nSPS) is 10.3. The zero-order chi connectivity index (χ0) is 11.1. The first-order valence-corrected chi connectivity index (χ1v) is 4.72. The molecule has 1 aromatic carbocycles. The summed E-state index contributed by atoms with van der Waals surface area (Å²) in [6.45, 7) is 2.17. The molecule has 1 rings (SSSR count). The Kier molecular flexibility index (Phi) is 4.34. The smallest absolute Gasteiger partial charge is 0.338 e. The van der Waals surface area contributed by atoms with Crippen LogP contribution < -0.4 is 5.32 Å². The van der Waals surface area contributed by atoms with Crippen LogP contribution in [0.15, 0.2) is 29.3 Å². The van der Waals surface area contributed by atoms with Crippen LogP contribution >= 0.6 is 0 Å². The van der Waals surface area contributed by atoms with Gasteiger partial charge in [-0.15, -0.1) is 0 Å². The van der Waals surface area contributed by atoms with Gasteiger partial charge in [0.15, 0.2) is 0 Å². The average Bonchev–Trinajstić information content (AvgIpc) is 2.27. The molecule has 0 amide bonds. The highest BCUT2D eigenvalue weighted by Gasteiger charge is 2.04. The molecule has 0 atom stereocenters. The average molecular weight is 206 g/mol. The van der Waals surface area contributed by atoms with Crippen molar-refractivity contribution in [1.29, 1.82) is 0 Å². The van der Waals surface area contributed by atoms with Gasteiger partial charge in [0.05, 0.1) is 18.5 Å². The highest BCUT2D eigenvalue weighted by molar-refractivity contribution is 5.90. The minimum absolute atomic E-state index is 0.298. The van der Waals surface area contributed by atoms with E-state index in [2.05, 4.69) is 10.3 Å². The van der Waals surface area contributed by atoms with Gasteiger partial charge >= 0.3 is 5.97 Å². The standard InChI is InChI=1S/C11H14N2O2/c1-3-15-11(14)9-4-6-10(7-5-9)13-8-12-2/h4-8H,3H2,1-2H3,(H,12,13). The lowest BCUT2D eigenvalue weighted by Gasteiger charge is -2.03. The van der Waals surface area contributed by atoms with Gasteiger partial charge in [-0.1, -0.05) is 0 Å². The van der Waals surface area contributed by atoms with Crippen molar-refractivity contribution in [2.75, 3.05) is 19.0 Å². The number of benzene rings is 1. The number of anilines is 1. The zero-order valence-electron chi connectivity index (χ0n) is 8.86. The minimum Gasteiger partial charge on any atom is -0.462 e. The fourth-order valence-corrected chi connectivity index (χ4v) is 1.06. The molecule has 0 saturated carbocycles. The van der Waals surface area contributed by atoms with E-state index in [1.807, 2.05) is 0 Å². The number of nitrogens with one attached hydrogen (secondary N) is 1. The molecule has 80 valence electrons. The van der Waals surface area contributed by atoms with Crippen molar-refractivity contribution in [3.8, 4) is 0 Å². The Morgan fingerprint density at radius 2 is 2.13 bits per heavy atom. The number of hydrogen-bond donors (Lipinski definition) is 1. The first-order chi connectivity index (χ1) is 7.27. The van der Waals surface area contributed by atoms with Crippen LogP contribution in [0, 0.1) is 0 Å². The summed E-state index contributed by atoms with van der Waals surface area (Å²) in [5, 5.41) is 2.95. The van der Waals surface area contributed by atoms with E-state index in [0.717, 1.165) is 5.69 Å². The quantitative estimate of drug-likeness (QED) is 0.465. The van der Waals surface area contributed by atoms with E-state index in [-0.39, 0.29) is 5.97 Å². The Bertz CT molecular complexity index is 344. The molecule has 0 aromatic heterocycles. The molecule has 4 heteroatoms. The predicted molar refractivity (Wildman–Crippen MR) is 60.4 cm³/mol. The largest absolute Gasteiger partial charge is 0.462 e. The van der Waals surface area contributed by atoms with E-state index >= 15 is 0 Å². The highest BCUT2D eigenvalue weighted by atomic mass is 16.5. The predicted octanol–water partition coefficient (Wildman–Crippen LogP) is 1.93. The molecule has 0 bridgehead atoms. The lowest BCUT2D eigenvalue weighted by molar-refractivity contribution is 0.0526. The van der Waals surface area contributed by atoms with Gasteiger partial charge in [0.1, 0.15) is 0 Å². The van der Waals surface area contributed by atoms with Crippen molar-refractivity contribution in [3.63, 3.8) is 0 Å². The second-order valence-electron chi connectivity index (χ2n) is 2.83. The Balaban J connectivity index is 2.67. The van der Waals surface area contributed by atoms with Crippen molar-refractivity contribution < 1.29 is 9.53 Å². The molecule has 0 spiro atoms. The maximum absolute atomic E-state index is 11.3. The van der Waals surface area contributed by atoms with E-state index in [0.29, 0.717) is 12.2 Å². The summed E-state index contributed by atoms with van der Waals surface area (Å²) in [4.78, 5) is 15.1. The van der Waals surface area contributed by atoms with E-state index in [1.165, 1.54) is 0 Å². The van der Waals surface area contributed by atoms with Crippen molar-refractivity contribution in [1.82, 2.24) is 0 Å². The van der Waals surface area contributed by atoms with Gasteiger partial charge in [-0.3, -0.25) is 4.99 Å². The SMILES string of the molecule is CCOC(=O)c1ccc(NC=NC)cc1. The van der Waals surface area contributed by atoms with Gasteiger partial charge in [0.2, 0.25) is 0 Å². The van der Waals surface area contributed by atoms with E-state index in [9.17, 15) is 4.79 Å². The maximum atomic E-state index is 11.3. The molecule has 0 heterocycles. The summed E-state index contributed by atoms with van der Waals surface area (Å²) in [6.07, 6.45) is 1.58. The van der Waals surface area contributed by atoms with Crippen LogP contribution in [-0.4, -0.2) is 26.0 Å². The van der Waals surface area contributed by atoms with Crippen LogP contribution in [0.4, 0.5) is 5.69 Å². The van der Waals surface area contributed by atoms with Crippen molar-refractivity contribution in [3.05, 3.63) is 29.8 Å². The highest BCUT2D eigenvalue weighted by Crippen LogP contribution is 2.09. The third-order valence-corrected chi connectivity index (χ3v) is 1.76. The lowest BCUT2D eigenvalue weighted by atomic mass is 10.2. The van der Waals surface area contributed by atoms with Gasteiger partial charge < -0.3 is 10.1 Å². The van der Waals surface area contributed by atoms with E-state index in [1.54, 1.807) is 44.6 Å². The minimum atomic E-state index is -0.298. The number of aliphatic imine (C=N–C) groups is 1. The van der Waals surface area contributed by atoms with Gasteiger partial charge in [-0.05, 0) is 31.2 Å². The molecule has 0 aliphatic carbocycles. The third-order valence-electron chi connectivity index (χ3n) is 1.76. The molecule has 0 aliphatic heterocycles. The molecule has 4 nitrogen and oxygen atoms in total. The molecule has 0 saturated heterocycles. The fraction of sp³-hybridized carbons (Fsp3) is 0.273. The first-order valence-electron chi connectivity index (χ1n) is 4.72. The molecule has 0 fully saturated rings. The van der Waals surface area contributed by atoms with Crippen LogP contribution in [0.5, 0.6) is 0 Å². The molecule has 0 aliphatic rings. The van der Waals surface area contributed by atoms with Crippen molar-refractivity contribution in [2.24, 2.45) is 4.99 Å². The first kappa shape index (κ1) is 11.2. The van der Waals surface area contributed by atoms with Gasteiger partial charge in [-0.25, -0.2) is 4.79 Å². The Hall–Kier alpha value is -1.84. The monoisotopic (exact) mass is 206 g/mol. The summed E-state index contributed by atoms with van der Waals surface area (Å²) in [5.41, 5.74) is 1.43. The topological polar surface area (TPSA) is 50.7 Å². The summed E-state index contributed by atoms with van der Waals surface area (Å²) in [6, 6.07) is 7.02. The summed E-state index contributed by atoms with van der Waals surface area (Å²) in [7, 11) is 1.68. The number of esters is 1. The number of rotatable bonds is 4. The molecule has 15 heavy (non-hydrogen) atoms. The fourth-order valence-electron chi connectivity index (χ4n) is 1.06. The van der Waals surface area contributed by atoms with Gasteiger partial charge in [-0.2, -0.15) is 0 Å². The zero-order valence-corrected chi connectivity index (χ0v) is 8.86. The number of nitrogens with zero attached hydrogens (tertiary/aromatic N) is 1. The molecular weight excluding hydrogens is 192 g/mol. The Morgan fingerprint density at radius 1 is 1.47 bits per heavy atom. The number of ether oxygens (including phenoxy) is 1. The van der Waals surface area contributed by atoms with Gasteiger partial charge in [0, 0.05) is 12.7 Å².